The van der Waals surface area contributed by atoms with Gasteiger partial charge < -0.3 is 5.73 Å². The van der Waals surface area contributed by atoms with E-state index in [0.717, 1.165) is 11.1 Å². The summed E-state index contributed by atoms with van der Waals surface area (Å²) < 4.78 is 26.8. The summed E-state index contributed by atoms with van der Waals surface area (Å²) in [5, 5.41) is -0.840. The van der Waals surface area contributed by atoms with Crippen molar-refractivity contribution in [1.29, 1.82) is 0 Å². The molecule has 0 aliphatic rings. The molecule has 4 nitrogen and oxygen atoms in total. The molecule has 0 saturated heterocycles. The molecule has 0 aliphatic heterocycles. The molecule has 3 N–H and O–H groups in total. The van der Waals surface area contributed by atoms with Gasteiger partial charge in [0.2, 0.25) is 10.0 Å². The number of anilines is 1. The van der Waals surface area contributed by atoms with E-state index in [9.17, 15) is 8.42 Å². The molecule has 1 rings (SSSR count). The highest BCUT2D eigenvalue weighted by Crippen LogP contribution is 2.17. The SMILES string of the molecule is CCC(C(N)=S)S(=O)(=O)Nc1cc(C)cc(C)c1. The van der Waals surface area contributed by atoms with Crippen molar-refractivity contribution in [2.24, 2.45) is 5.73 Å². The van der Waals surface area contributed by atoms with E-state index in [1.54, 1.807) is 19.1 Å². The third kappa shape index (κ3) is 3.68. The molecule has 1 aromatic carbocycles. The maximum atomic E-state index is 12.1. The van der Waals surface area contributed by atoms with Gasteiger partial charge in [-0.25, -0.2) is 8.42 Å². The minimum atomic E-state index is -3.57. The first-order chi connectivity index (χ1) is 8.26. The highest BCUT2D eigenvalue weighted by atomic mass is 32.2. The van der Waals surface area contributed by atoms with E-state index >= 15 is 0 Å². The highest BCUT2D eigenvalue weighted by molar-refractivity contribution is 7.95. The zero-order valence-electron chi connectivity index (χ0n) is 10.7. The lowest BCUT2D eigenvalue weighted by Crippen LogP contribution is -2.37. The summed E-state index contributed by atoms with van der Waals surface area (Å²) in [6.07, 6.45) is 0.357. The van der Waals surface area contributed by atoms with Gasteiger partial charge in [0, 0.05) is 5.69 Å². The molecule has 100 valence electrons. The third-order valence-corrected chi connectivity index (χ3v) is 4.83. The van der Waals surface area contributed by atoms with Crippen LogP contribution in [0.5, 0.6) is 0 Å². The van der Waals surface area contributed by atoms with E-state index < -0.39 is 15.3 Å². The largest absolute Gasteiger partial charge is 0.392 e. The molecule has 1 unspecified atom stereocenters. The molecule has 0 spiro atoms. The number of hydrogen-bond acceptors (Lipinski definition) is 3. The first-order valence-corrected chi connectivity index (χ1v) is 7.61. The van der Waals surface area contributed by atoms with Gasteiger partial charge in [-0.2, -0.15) is 0 Å². The summed E-state index contributed by atoms with van der Waals surface area (Å²) in [7, 11) is -3.57. The standard InChI is InChI=1S/C12H18N2O2S2/c1-4-11(12(13)17)18(15,16)14-10-6-8(2)5-9(3)7-10/h5-7,11,14H,4H2,1-3H3,(H2,13,17). The Kier molecular flexibility index (Phi) is 4.70. The van der Waals surface area contributed by atoms with Crippen molar-refractivity contribution in [2.45, 2.75) is 32.4 Å². The van der Waals surface area contributed by atoms with Gasteiger partial charge in [0.1, 0.15) is 5.25 Å². The van der Waals surface area contributed by atoms with Crippen LogP contribution in [0.1, 0.15) is 24.5 Å². The van der Waals surface area contributed by atoms with Gasteiger partial charge in [0.25, 0.3) is 0 Å². The molecule has 1 atom stereocenters. The summed E-state index contributed by atoms with van der Waals surface area (Å²) in [6.45, 7) is 5.57. The number of sulfonamides is 1. The van der Waals surface area contributed by atoms with Crippen molar-refractivity contribution < 1.29 is 8.42 Å². The fourth-order valence-electron chi connectivity index (χ4n) is 1.84. The lowest BCUT2D eigenvalue weighted by molar-refractivity contribution is 0.594. The summed E-state index contributed by atoms with van der Waals surface area (Å²) in [6, 6.07) is 5.52. The van der Waals surface area contributed by atoms with Crippen LogP contribution in [0.3, 0.4) is 0 Å². The molecule has 0 bridgehead atoms. The predicted molar refractivity (Wildman–Crippen MR) is 79.3 cm³/mol. The smallest absolute Gasteiger partial charge is 0.242 e. The summed E-state index contributed by atoms with van der Waals surface area (Å²) in [4.78, 5) is -0.00521. The first-order valence-electron chi connectivity index (χ1n) is 5.65. The predicted octanol–water partition coefficient (Wildman–Crippen LogP) is 2.11. The Morgan fingerprint density at radius 1 is 1.33 bits per heavy atom. The van der Waals surface area contributed by atoms with Crippen LogP contribution in [-0.2, 0) is 10.0 Å². The topological polar surface area (TPSA) is 72.2 Å². The quantitative estimate of drug-likeness (QED) is 0.813. The van der Waals surface area contributed by atoms with E-state index in [1.165, 1.54) is 0 Å². The molecule has 0 amide bonds. The van der Waals surface area contributed by atoms with Crippen LogP contribution < -0.4 is 10.5 Å². The van der Waals surface area contributed by atoms with Crippen LogP contribution in [0.15, 0.2) is 18.2 Å². The molecule has 1 aromatic rings. The Bertz CT molecular complexity index is 533. The molecular weight excluding hydrogens is 268 g/mol. The molecule has 0 heterocycles. The van der Waals surface area contributed by atoms with E-state index in [4.69, 9.17) is 18.0 Å². The van der Waals surface area contributed by atoms with Crippen molar-refractivity contribution in [3.05, 3.63) is 29.3 Å². The number of thiocarbonyl (C=S) groups is 1. The summed E-state index contributed by atoms with van der Waals surface area (Å²) in [5.74, 6) is 0. The Morgan fingerprint density at radius 3 is 2.22 bits per heavy atom. The monoisotopic (exact) mass is 286 g/mol. The highest BCUT2D eigenvalue weighted by Gasteiger charge is 2.26. The molecule has 0 aromatic heterocycles. The van der Waals surface area contributed by atoms with E-state index in [2.05, 4.69) is 4.72 Å². The zero-order chi connectivity index (χ0) is 13.9. The van der Waals surface area contributed by atoms with Crippen molar-refractivity contribution in [1.82, 2.24) is 0 Å². The second kappa shape index (κ2) is 5.67. The molecule has 0 saturated carbocycles. The van der Waals surface area contributed by atoms with E-state index in [-0.39, 0.29) is 4.99 Å². The van der Waals surface area contributed by atoms with Crippen molar-refractivity contribution in [3.63, 3.8) is 0 Å². The van der Waals surface area contributed by atoms with Gasteiger partial charge >= 0.3 is 0 Å². The van der Waals surface area contributed by atoms with Gasteiger partial charge in [-0.1, -0.05) is 25.2 Å². The summed E-state index contributed by atoms with van der Waals surface area (Å²) in [5.41, 5.74) is 8.00. The van der Waals surface area contributed by atoms with Gasteiger partial charge in [-0.3, -0.25) is 4.72 Å². The molecule has 0 radical (unpaired) electrons. The van der Waals surface area contributed by atoms with Crippen molar-refractivity contribution in [2.75, 3.05) is 4.72 Å². The van der Waals surface area contributed by atoms with Gasteiger partial charge in [-0.05, 0) is 43.5 Å². The fraction of sp³-hybridized carbons (Fsp3) is 0.417. The molecule has 6 heteroatoms. The van der Waals surface area contributed by atoms with Gasteiger partial charge in [0.15, 0.2) is 0 Å². The Morgan fingerprint density at radius 2 is 1.83 bits per heavy atom. The van der Waals surface area contributed by atoms with Gasteiger partial charge in [-0.15, -0.1) is 0 Å². The minimum Gasteiger partial charge on any atom is -0.392 e. The minimum absolute atomic E-state index is 0.00521. The molecule has 0 fully saturated rings. The Labute approximate surface area is 114 Å². The number of benzene rings is 1. The van der Waals surface area contributed by atoms with E-state index in [0.29, 0.717) is 12.1 Å². The lowest BCUT2D eigenvalue weighted by atomic mass is 10.1. The second-order valence-electron chi connectivity index (χ2n) is 4.32. The number of hydrogen-bond donors (Lipinski definition) is 2. The number of nitrogens with two attached hydrogens (primary N) is 1. The zero-order valence-corrected chi connectivity index (χ0v) is 12.4. The van der Waals surface area contributed by atoms with Crippen LogP contribution in [0.2, 0.25) is 0 Å². The fourth-order valence-corrected chi connectivity index (χ4v) is 3.72. The van der Waals surface area contributed by atoms with Crippen LogP contribution in [0.25, 0.3) is 0 Å². The maximum Gasteiger partial charge on any atom is 0.242 e. The van der Waals surface area contributed by atoms with Gasteiger partial charge in [0.05, 0.1) is 4.99 Å². The third-order valence-electron chi connectivity index (χ3n) is 2.54. The average Bonchev–Trinajstić information content (AvgIpc) is 2.13. The van der Waals surface area contributed by atoms with Crippen LogP contribution in [-0.4, -0.2) is 18.7 Å². The molecule has 18 heavy (non-hydrogen) atoms. The van der Waals surface area contributed by atoms with Crippen molar-refractivity contribution in [3.8, 4) is 0 Å². The second-order valence-corrected chi connectivity index (χ2v) is 6.66. The van der Waals surface area contributed by atoms with Crippen LogP contribution in [0, 0.1) is 13.8 Å². The maximum absolute atomic E-state index is 12.1. The average molecular weight is 286 g/mol. The normalized spacial score (nSPS) is 13.1. The number of nitrogens with one attached hydrogen (secondary N) is 1. The van der Waals surface area contributed by atoms with Crippen LogP contribution in [0.4, 0.5) is 5.69 Å². The first kappa shape index (κ1) is 14.9. The number of rotatable bonds is 5. The Hall–Kier alpha value is -1.14. The van der Waals surface area contributed by atoms with Crippen LogP contribution >= 0.6 is 12.2 Å². The molecule has 0 aliphatic carbocycles. The lowest BCUT2D eigenvalue weighted by Gasteiger charge is -2.16. The van der Waals surface area contributed by atoms with E-state index in [1.807, 2.05) is 19.9 Å². The summed E-state index contributed by atoms with van der Waals surface area (Å²) >= 11 is 4.79. The Balaban J connectivity index is 3.05. The molecular formula is C12H18N2O2S2. The number of aryl methyl sites for hydroxylation is 2. The van der Waals surface area contributed by atoms with Crippen molar-refractivity contribution >= 4 is 32.9 Å².